The molecule has 2 bridgehead atoms. The Morgan fingerprint density at radius 1 is 1.24 bits per heavy atom. The maximum Gasteiger partial charge on any atom is 0.334 e. The molecule has 1 spiro atoms. The molecule has 0 saturated carbocycles. The molecule has 2 saturated heterocycles. The van der Waals surface area contributed by atoms with Crippen LogP contribution in [0.3, 0.4) is 0 Å². The minimum absolute atomic E-state index is 0.00703. The number of thioether (sulfide) groups is 1. The van der Waals surface area contributed by atoms with E-state index in [0.29, 0.717) is 42.2 Å². The van der Waals surface area contributed by atoms with Gasteiger partial charge < -0.3 is 10.1 Å². The van der Waals surface area contributed by atoms with Crippen molar-refractivity contribution in [2.75, 3.05) is 31.9 Å². The number of ketones is 2. The molecule has 1 aromatic carbocycles. The van der Waals surface area contributed by atoms with Crippen molar-refractivity contribution in [2.45, 2.75) is 56.7 Å². The van der Waals surface area contributed by atoms with Gasteiger partial charge in [-0.25, -0.2) is 4.39 Å². The zero-order valence-electron chi connectivity index (χ0n) is 19.3. The van der Waals surface area contributed by atoms with Crippen LogP contribution in [-0.4, -0.2) is 69.5 Å². The summed E-state index contributed by atoms with van der Waals surface area (Å²) in [5.74, 6) is 0.105. The van der Waals surface area contributed by atoms with Gasteiger partial charge in [0.05, 0.1) is 29.6 Å². The van der Waals surface area contributed by atoms with Gasteiger partial charge in [0.2, 0.25) is 0 Å². The summed E-state index contributed by atoms with van der Waals surface area (Å²) >= 11 is 1.35. The predicted molar refractivity (Wildman–Crippen MR) is 127 cm³/mol. The molecule has 7 nitrogen and oxygen atoms in total. The first-order valence-corrected chi connectivity index (χ1v) is 13.3. The van der Waals surface area contributed by atoms with Gasteiger partial charge in [-0.2, -0.15) is 0 Å². The minimum Gasteiger partial charge on any atom is -0.627 e. The molecule has 0 amide bonds. The van der Waals surface area contributed by atoms with E-state index in [9.17, 15) is 24.1 Å². The summed E-state index contributed by atoms with van der Waals surface area (Å²) in [5, 5.41) is 14.5. The molecule has 3 unspecified atom stereocenters. The highest BCUT2D eigenvalue weighted by molar-refractivity contribution is 8.03. The van der Waals surface area contributed by atoms with Gasteiger partial charge in [-0.1, -0.05) is 0 Å². The number of hydroxylamine groups is 3. The number of carbonyl (C=O) groups excluding carboxylic acids is 2. The van der Waals surface area contributed by atoms with Crippen molar-refractivity contribution < 1.29 is 23.4 Å². The van der Waals surface area contributed by atoms with Gasteiger partial charge in [-0.05, 0) is 81.3 Å². The Morgan fingerprint density at radius 2 is 1.97 bits per heavy atom. The quantitative estimate of drug-likeness (QED) is 0.190. The fraction of sp³-hybridized carbons (Fsp3) is 0.600. The summed E-state index contributed by atoms with van der Waals surface area (Å²) in [5.41, 5.74) is -0.483. The molecule has 0 N–H and O–H groups in total. The number of rotatable bonds is 7. The molecule has 3 atom stereocenters. The fourth-order valence-corrected chi connectivity index (χ4v) is 7.43. The first kappa shape index (κ1) is 23.8. The number of Topliss-reactive ketones (excluding diaryl/α,β-unsaturated/α-hetero) is 2. The molecule has 2 fully saturated rings. The number of hydrogen-bond donors (Lipinski definition) is 0. The lowest BCUT2D eigenvalue weighted by Crippen LogP contribution is -2.73. The number of hydrogen-bond acceptors (Lipinski definition) is 6. The van der Waals surface area contributed by atoms with Crippen LogP contribution in [0.15, 0.2) is 35.4 Å². The van der Waals surface area contributed by atoms with Crippen LogP contribution in [0.4, 0.5) is 4.39 Å². The van der Waals surface area contributed by atoms with Crippen LogP contribution in [0.2, 0.25) is 0 Å². The standard InChI is InChI=1S/C25H31FN3O4S/c26-20-8-6-18(7-9-20)24(31)19-10-13-27(14-11-19)12-2-1-5-22-28(32)23-16-25(17-34-23)21(30)4-3-15-29(22,25)33/h6-9,16,19,22H,1-5,10-15,17H2/q+1. The molecule has 1 aromatic rings. The van der Waals surface area contributed by atoms with Gasteiger partial charge in [0.1, 0.15) is 5.82 Å². The number of unbranched alkanes of at least 4 members (excludes halogenated alkanes) is 1. The second kappa shape index (κ2) is 9.26. The number of halogens is 1. The largest absolute Gasteiger partial charge is 0.627 e. The van der Waals surface area contributed by atoms with E-state index in [4.69, 9.17) is 0 Å². The summed E-state index contributed by atoms with van der Waals surface area (Å²) in [6, 6.07) is 5.77. The van der Waals surface area contributed by atoms with E-state index in [1.165, 1.54) is 23.9 Å². The number of benzene rings is 1. The second-order valence-electron chi connectivity index (χ2n) is 10.0. The van der Waals surface area contributed by atoms with Gasteiger partial charge in [0.15, 0.2) is 17.1 Å². The summed E-state index contributed by atoms with van der Waals surface area (Å²) in [4.78, 5) is 40.7. The van der Waals surface area contributed by atoms with Gasteiger partial charge in [0, 0.05) is 29.2 Å². The topological polar surface area (TPSA) is 80.5 Å². The number of nitrogens with zero attached hydrogens (tertiary/aromatic N) is 3. The monoisotopic (exact) mass is 488 g/mol. The number of piperidine rings is 2. The van der Waals surface area contributed by atoms with Gasteiger partial charge in [0.25, 0.3) is 5.03 Å². The zero-order valence-corrected chi connectivity index (χ0v) is 20.1. The number of likely N-dealkylation sites (tertiary alicyclic amines) is 1. The maximum absolute atomic E-state index is 13.9. The van der Waals surface area contributed by atoms with Crippen LogP contribution in [-0.2, 0) is 4.79 Å². The van der Waals surface area contributed by atoms with Crippen LogP contribution in [0, 0.1) is 21.8 Å². The van der Waals surface area contributed by atoms with Crippen LogP contribution >= 0.6 is 11.8 Å². The van der Waals surface area contributed by atoms with E-state index in [2.05, 4.69) is 4.90 Å². The molecule has 9 heteroatoms. The molecule has 4 aliphatic heterocycles. The Labute approximate surface area is 203 Å². The minimum atomic E-state index is -1.05. The Bertz CT molecular complexity index is 1020. The Balaban J connectivity index is 1.11. The highest BCUT2D eigenvalue weighted by Gasteiger charge is 2.68. The maximum atomic E-state index is 13.9. The third-order valence-electron chi connectivity index (χ3n) is 8.10. The summed E-state index contributed by atoms with van der Waals surface area (Å²) < 4.78 is 13.3. The average Bonchev–Trinajstić information content (AvgIpc) is 3.27. The van der Waals surface area contributed by atoms with Crippen molar-refractivity contribution >= 4 is 23.3 Å². The lowest BCUT2D eigenvalue weighted by molar-refractivity contribution is -1.02. The molecule has 0 radical (unpaired) electrons. The van der Waals surface area contributed by atoms with Crippen LogP contribution < -0.4 is 0 Å². The van der Waals surface area contributed by atoms with Crippen molar-refractivity contribution in [1.29, 1.82) is 0 Å². The normalized spacial score (nSPS) is 31.9. The molecule has 34 heavy (non-hydrogen) atoms. The summed E-state index contributed by atoms with van der Waals surface area (Å²) in [6.07, 6.45) is 5.57. The third-order valence-corrected chi connectivity index (χ3v) is 9.28. The molecule has 0 aromatic heterocycles. The van der Waals surface area contributed by atoms with E-state index in [1.807, 2.05) is 0 Å². The molecule has 182 valence electrons. The molecule has 0 aliphatic carbocycles. The van der Waals surface area contributed by atoms with Crippen LogP contribution in [0.5, 0.6) is 0 Å². The summed E-state index contributed by atoms with van der Waals surface area (Å²) in [6.45, 7) is 2.85. The average molecular weight is 489 g/mol. The Morgan fingerprint density at radius 3 is 2.71 bits per heavy atom. The third kappa shape index (κ3) is 3.96. The number of nitroso groups, excluding NO2 is 1. The Hall–Kier alpha value is -1.94. The molecular weight excluding hydrogens is 457 g/mol. The Kier molecular flexibility index (Phi) is 6.48. The van der Waals surface area contributed by atoms with Crippen LogP contribution in [0.25, 0.3) is 0 Å². The van der Waals surface area contributed by atoms with E-state index in [1.54, 1.807) is 18.2 Å². The highest BCUT2D eigenvalue weighted by atomic mass is 32.2. The SMILES string of the molecule is O=C(c1ccc(F)cc1)C1CCN(CCCCC2[N+](=O)C3=CC4(CS3)C(=O)CCC[N+]24[O-])CC1. The van der Waals surface area contributed by atoms with Crippen LogP contribution in [0.1, 0.15) is 55.3 Å². The number of quaternary nitrogens is 1. The second-order valence-corrected chi connectivity index (χ2v) is 11.0. The van der Waals surface area contributed by atoms with Crippen molar-refractivity contribution in [3.8, 4) is 0 Å². The van der Waals surface area contributed by atoms with Crippen molar-refractivity contribution in [3.05, 3.63) is 56.9 Å². The van der Waals surface area contributed by atoms with Gasteiger partial charge in [-0.3, -0.25) is 14.2 Å². The predicted octanol–water partition coefficient (Wildman–Crippen LogP) is 4.01. The highest BCUT2D eigenvalue weighted by Crippen LogP contribution is 2.51. The first-order valence-electron chi connectivity index (χ1n) is 12.3. The smallest absolute Gasteiger partial charge is 0.334 e. The van der Waals surface area contributed by atoms with Crippen molar-refractivity contribution in [2.24, 2.45) is 5.92 Å². The first-order chi connectivity index (χ1) is 16.3. The van der Waals surface area contributed by atoms with Crippen molar-refractivity contribution in [3.63, 3.8) is 0 Å². The van der Waals surface area contributed by atoms with Gasteiger partial charge >= 0.3 is 6.17 Å². The molecule has 4 aliphatic rings. The molecule has 4 heterocycles. The van der Waals surface area contributed by atoms with E-state index in [0.717, 1.165) is 50.1 Å². The molecular formula is C25H31FN3O4S+. The molecule has 5 rings (SSSR count). The summed E-state index contributed by atoms with van der Waals surface area (Å²) in [7, 11) is 0. The van der Waals surface area contributed by atoms with E-state index >= 15 is 0 Å². The fourth-order valence-electron chi connectivity index (χ4n) is 6.07. The van der Waals surface area contributed by atoms with Crippen molar-refractivity contribution in [1.82, 2.24) is 4.90 Å². The lowest BCUT2D eigenvalue weighted by atomic mass is 9.83. The lowest BCUT2D eigenvalue weighted by Gasteiger charge is -2.55. The van der Waals surface area contributed by atoms with E-state index < -0.39 is 16.4 Å². The number of carbonyl (C=O) groups is 2. The zero-order chi connectivity index (χ0) is 23.9. The van der Waals surface area contributed by atoms with E-state index in [-0.39, 0.29) is 23.3 Å². The van der Waals surface area contributed by atoms with Gasteiger partial charge in [-0.15, -0.1) is 0 Å².